The molecule has 0 spiro atoms. The molecule has 0 atom stereocenters. The molecule has 2 aromatic rings. The molecule has 7 heteroatoms. The first-order valence-corrected chi connectivity index (χ1v) is 8.07. The van der Waals surface area contributed by atoms with Gasteiger partial charge in [-0.3, -0.25) is 10.1 Å². The van der Waals surface area contributed by atoms with Crippen LogP contribution in [0.3, 0.4) is 0 Å². The van der Waals surface area contributed by atoms with Crippen LogP contribution in [0.15, 0.2) is 42.5 Å². The van der Waals surface area contributed by atoms with E-state index in [-0.39, 0.29) is 23.0 Å². The number of esters is 1. The Morgan fingerprint density at radius 1 is 1.24 bits per heavy atom. The Morgan fingerprint density at radius 3 is 2.60 bits per heavy atom. The summed E-state index contributed by atoms with van der Waals surface area (Å²) in [6.45, 7) is 2.26. The van der Waals surface area contributed by atoms with Gasteiger partial charge in [0.2, 0.25) is 0 Å². The molecule has 0 aliphatic heterocycles. The first-order chi connectivity index (χ1) is 12.1. The molecule has 0 saturated heterocycles. The molecule has 130 valence electrons. The van der Waals surface area contributed by atoms with E-state index in [1.165, 1.54) is 12.1 Å². The second-order valence-electron chi connectivity index (χ2n) is 5.68. The summed E-state index contributed by atoms with van der Waals surface area (Å²) in [5.74, 6) is 0.0466. The van der Waals surface area contributed by atoms with Gasteiger partial charge in [-0.05, 0) is 44.0 Å². The van der Waals surface area contributed by atoms with Gasteiger partial charge in [0, 0.05) is 12.1 Å². The van der Waals surface area contributed by atoms with Gasteiger partial charge in [0.05, 0.1) is 17.1 Å². The number of carbonyl (C=O) groups excluding carboxylic acids is 1. The summed E-state index contributed by atoms with van der Waals surface area (Å²) in [6.07, 6.45) is 1.99. The van der Waals surface area contributed by atoms with E-state index in [0.29, 0.717) is 18.0 Å². The van der Waals surface area contributed by atoms with Gasteiger partial charge in [-0.15, -0.1) is 0 Å². The van der Waals surface area contributed by atoms with E-state index >= 15 is 0 Å². The lowest BCUT2D eigenvalue weighted by atomic mass is 10.1. The third-order valence-electron chi connectivity index (χ3n) is 3.72. The summed E-state index contributed by atoms with van der Waals surface area (Å²) < 4.78 is 10.8. The van der Waals surface area contributed by atoms with Crippen molar-refractivity contribution >= 4 is 17.3 Å². The third kappa shape index (κ3) is 4.06. The molecule has 0 aromatic heterocycles. The second kappa shape index (κ2) is 7.21. The molecule has 0 bridgehead atoms. The summed E-state index contributed by atoms with van der Waals surface area (Å²) in [5.41, 5.74) is 0.387. The van der Waals surface area contributed by atoms with Gasteiger partial charge in [-0.2, -0.15) is 0 Å². The highest BCUT2D eigenvalue weighted by Gasteiger charge is 2.26. The van der Waals surface area contributed by atoms with Crippen molar-refractivity contribution in [2.75, 3.05) is 11.9 Å². The highest BCUT2D eigenvalue weighted by atomic mass is 16.6. The van der Waals surface area contributed by atoms with Crippen LogP contribution in [-0.4, -0.2) is 23.5 Å². The van der Waals surface area contributed by atoms with Crippen LogP contribution in [0.4, 0.5) is 11.4 Å². The first-order valence-electron chi connectivity index (χ1n) is 8.07. The molecule has 1 fully saturated rings. The lowest BCUT2D eigenvalue weighted by molar-refractivity contribution is -0.384. The molecule has 25 heavy (non-hydrogen) atoms. The number of anilines is 1. The molecule has 1 N–H and O–H groups in total. The van der Waals surface area contributed by atoms with Gasteiger partial charge in [-0.25, -0.2) is 4.79 Å². The number of hydrogen-bond donors (Lipinski definition) is 1. The molecule has 0 radical (unpaired) electrons. The van der Waals surface area contributed by atoms with E-state index in [1.54, 1.807) is 30.3 Å². The third-order valence-corrected chi connectivity index (χ3v) is 3.72. The normalized spacial score (nSPS) is 13.2. The molecule has 7 nitrogen and oxygen atoms in total. The predicted octanol–water partition coefficient (Wildman–Crippen LogP) is 3.79. The molecule has 1 saturated carbocycles. The topological polar surface area (TPSA) is 90.7 Å². The SMILES string of the molecule is CCOc1ccccc1OC(=O)c1ccc(NC2CC2)c([N+](=O)[O-])c1. The van der Waals surface area contributed by atoms with Gasteiger partial charge in [0.15, 0.2) is 11.5 Å². The number of nitro groups is 1. The molecule has 0 unspecified atom stereocenters. The minimum Gasteiger partial charge on any atom is -0.490 e. The molecule has 1 aliphatic rings. The molecular formula is C18H18N2O5. The Balaban J connectivity index is 1.82. The minimum absolute atomic E-state index is 0.111. The van der Waals surface area contributed by atoms with Gasteiger partial charge in [0.25, 0.3) is 5.69 Å². The second-order valence-corrected chi connectivity index (χ2v) is 5.68. The summed E-state index contributed by atoms with van der Waals surface area (Å²) in [7, 11) is 0. The van der Waals surface area contributed by atoms with E-state index in [9.17, 15) is 14.9 Å². The van der Waals surface area contributed by atoms with Gasteiger partial charge in [-0.1, -0.05) is 12.1 Å². The molecule has 1 aliphatic carbocycles. The number of benzene rings is 2. The van der Waals surface area contributed by atoms with E-state index in [1.807, 2.05) is 6.92 Å². The minimum atomic E-state index is -0.673. The van der Waals surface area contributed by atoms with E-state index in [0.717, 1.165) is 12.8 Å². The van der Waals surface area contributed by atoms with Crippen molar-refractivity contribution in [3.63, 3.8) is 0 Å². The fourth-order valence-corrected chi connectivity index (χ4v) is 2.35. The standard InChI is InChI=1S/C18H18N2O5/c1-2-24-16-5-3-4-6-17(16)25-18(21)12-7-10-14(19-13-8-9-13)15(11-12)20(22)23/h3-7,10-11,13,19H,2,8-9H2,1H3. The fraction of sp³-hybridized carbons (Fsp3) is 0.278. The van der Waals surface area contributed by atoms with E-state index in [2.05, 4.69) is 5.32 Å². The number of rotatable bonds is 7. The largest absolute Gasteiger partial charge is 0.490 e. The van der Waals surface area contributed by atoms with E-state index in [4.69, 9.17) is 9.47 Å². The zero-order valence-electron chi connectivity index (χ0n) is 13.7. The molecule has 0 heterocycles. The number of hydrogen-bond acceptors (Lipinski definition) is 6. The summed E-state index contributed by atoms with van der Waals surface area (Å²) in [6, 6.07) is 11.4. The first kappa shape index (κ1) is 16.8. The number of nitrogens with zero attached hydrogens (tertiary/aromatic N) is 1. The van der Waals surface area contributed by atoms with Crippen LogP contribution < -0.4 is 14.8 Å². The van der Waals surface area contributed by atoms with Crippen molar-refractivity contribution in [1.82, 2.24) is 0 Å². The van der Waals surface area contributed by atoms with Gasteiger partial charge in [0.1, 0.15) is 5.69 Å². The zero-order valence-corrected chi connectivity index (χ0v) is 13.7. The van der Waals surface area contributed by atoms with Gasteiger partial charge < -0.3 is 14.8 Å². The van der Waals surface area contributed by atoms with Crippen molar-refractivity contribution in [1.29, 1.82) is 0 Å². The van der Waals surface area contributed by atoms with Crippen LogP contribution in [0.1, 0.15) is 30.1 Å². The van der Waals surface area contributed by atoms with Gasteiger partial charge >= 0.3 is 5.97 Å². The quantitative estimate of drug-likeness (QED) is 0.356. The number of ether oxygens (including phenoxy) is 2. The maximum atomic E-state index is 12.4. The van der Waals surface area contributed by atoms with Crippen LogP contribution >= 0.6 is 0 Å². The van der Waals surface area contributed by atoms with Crippen molar-refractivity contribution in [2.24, 2.45) is 0 Å². The van der Waals surface area contributed by atoms with E-state index < -0.39 is 10.9 Å². The Bertz CT molecular complexity index is 802. The molecular weight excluding hydrogens is 324 g/mol. The maximum Gasteiger partial charge on any atom is 0.343 e. The predicted molar refractivity (Wildman–Crippen MR) is 92.3 cm³/mol. The Morgan fingerprint density at radius 2 is 1.96 bits per heavy atom. The molecule has 0 amide bonds. The van der Waals surface area contributed by atoms with Crippen molar-refractivity contribution in [3.8, 4) is 11.5 Å². The lowest BCUT2D eigenvalue weighted by Gasteiger charge is -2.11. The van der Waals surface area contributed by atoms with Crippen molar-refractivity contribution in [2.45, 2.75) is 25.8 Å². The lowest BCUT2D eigenvalue weighted by Crippen LogP contribution is -2.11. The number of para-hydroxylation sites is 2. The molecule has 3 rings (SSSR count). The molecule has 2 aromatic carbocycles. The Kier molecular flexibility index (Phi) is 4.83. The average molecular weight is 342 g/mol. The Labute approximate surface area is 144 Å². The number of nitrogens with one attached hydrogen (secondary N) is 1. The summed E-state index contributed by atoms with van der Waals surface area (Å²) in [5, 5.41) is 14.4. The highest BCUT2D eigenvalue weighted by molar-refractivity contribution is 5.93. The van der Waals surface area contributed by atoms with Crippen molar-refractivity contribution < 1.29 is 19.2 Å². The van der Waals surface area contributed by atoms with Crippen LogP contribution in [-0.2, 0) is 0 Å². The highest BCUT2D eigenvalue weighted by Crippen LogP contribution is 2.32. The summed E-state index contributed by atoms with van der Waals surface area (Å²) in [4.78, 5) is 23.2. The zero-order chi connectivity index (χ0) is 17.8. The van der Waals surface area contributed by atoms with Crippen molar-refractivity contribution in [3.05, 3.63) is 58.1 Å². The smallest absolute Gasteiger partial charge is 0.343 e. The number of carbonyl (C=O) groups is 1. The van der Waals surface area contributed by atoms with Crippen LogP contribution in [0, 0.1) is 10.1 Å². The Hall–Kier alpha value is -3.09. The fourth-order valence-electron chi connectivity index (χ4n) is 2.35. The van der Waals surface area contributed by atoms with Crippen LogP contribution in [0.2, 0.25) is 0 Å². The summed E-state index contributed by atoms with van der Waals surface area (Å²) >= 11 is 0. The monoisotopic (exact) mass is 342 g/mol. The average Bonchev–Trinajstić information content (AvgIpc) is 3.41. The maximum absolute atomic E-state index is 12.4. The van der Waals surface area contributed by atoms with Crippen LogP contribution in [0.25, 0.3) is 0 Å². The number of nitro benzene ring substituents is 1. The van der Waals surface area contributed by atoms with Crippen LogP contribution in [0.5, 0.6) is 11.5 Å².